The average Bonchev–Trinajstić information content (AvgIpc) is 2.57. The number of nitrogens with one attached hydrogen (secondary N) is 2. The van der Waals surface area contributed by atoms with Crippen molar-refractivity contribution < 1.29 is 0 Å². The van der Waals surface area contributed by atoms with Gasteiger partial charge in [0, 0.05) is 25.6 Å². The number of nitrogens with zero attached hydrogens (tertiary/aromatic N) is 2. The van der Waals surface area contributed by atoms with E-state index in [4.69, 9.17) is 5.73 Å². The second kappa shape index (κ2) is 4.84. The fraction of sp³-hybridized carbons (Fsp3) is 0.714. The van der Waals surface area contributed by atoms with Gasteiger partial charge in [-0.15, -0.1) is 0 Å². The largest absolute Gasteiger partial charge is 0.329 e. The van der Waals surface area contributed by atoms with Crippen molar-refractivity contribution in [3.63, 3.8) is 0 Å². The van der Waals surface area contributed by atoms with Gasteiger partial charge < -0.3 is 11.1 Å². The molecule has 0 aliphatic heterocycles. The maximum absolute atomic E-state index is 5.43. The SMILES string of the molecule is CC(CN)NCCc1ncn[nH]1. The number of rotatable bonds is 5. The maximum Gasteiger partial charge on any atom is 0.137 e. The molecule has 0 aromatic carbocycles. The Balaban J connectivity index is 2.11. The summed E-state index contributed by atoms with van der Waals surface area (Å²) in [7, 11) is 0. The Morgan fingerprint density at radius 3 is 3.17 bits per heavy atom. The summed E-state index contributed by atoms with van der Waals surface area (Å²) in [6, 6.07) is 0.368. The maximum atomic E-state index is 5.43. The Labute approximate surface area is 71.8 Å². The number of aromatic nitrogens is 3. The van der Waals surface area contributed by atoms with Gasteiger partial charge in [0.2, 0.25) is 0 Å². The molecule has 12 heavy (non-hydrogen) atoms. The van der Waals surface area contributed by atoms with Gasteiger partial charge in [-0.05, 0) is 6.92 Å². The molecule has 0 saturated heterocycles. The monoisotopic (exact) mass is 169 g/mol. The molecular weight excluding hydrogens is 154 g/mol. The molecule has 1 rings (SSSR count). The molecule has 0 bridgehead atoms. The van der Waals surface area contributed by atoms with Crippen molar-refractivity contribution in [3.8, 4) is 0 Å². The summed E-state index contributed by atoms with van der Waals surface area (Å²) in [6.07, 6.45) is 2.38. The highest BCUT2D eigenvalue weighted by Gasteiger charge is 1.98. The molecule has 0 aliphatic carbocycles. The zero-order chi connectivity index (χ0) is 8.81. The van der Waals surface area contributed by atoms with Crippen molar-refractivity contribution in [2.75, 3.05) is 13.1 Å². The molecule has 1 aromatic heterocycles. The highest BCUT2D eigenvalue weighted by Crippen LogP contribution is 1.86. The van der Waals surface area contributed by atoms with Crippen LogP contribution >= 0.6 is 0 Å². The van der Waals surface area contributed by atoms with Crippen molar-refractivity contribution in [2.24, 2.45) is 5.73 Å². The van der Waals surface area contributed by atoms with E-state index in [2.05, 4.69) is 27.4 Å². The summed E-state index contributed by atoms with van der Waals surface area (Å²) < 4.78 is 0. The Hall–Kier alpha value is -0.940. The van der Waals surface area contributed by atoms with E-state index < -0.39 is 0 Å². The minimum Gasteiger partial charge on any atom is -0.329 e. The Bertz CT molecular complexity index is 196. The Morgan fingerprint density at radius 2 is 2.58 bits per heavy atom. The topological polar surface area (TPSA) is 79.6 Å². The third kappa shape index (κ3) is 2.98. The van der Waals surface area contributed by atoms with E-state index in [-0.39, 0.29) is 0 Å². The van der Waals surface area contributed by atoms with Gasteiger partial charge in [0.05, 0.1) is 0 Å². The van der Waals surface area contributed by atoms with E-state index in [0.29, 0.717) is 12.6 Å². The first-order valence-corrected chi connectivity index (χ1v) is 4.10. The van der Waals surface area contributed by atoms with Gasteiger partial charge >= 0.3 is 0 Å². The van der Waals surface area contributed by atoms with Gasteiger partial charge in [0.15, 0.2) is 0 Å². The predicted octanol–water partition coefficient (Wildman–Crippen LogP) is -0.716. The number of hydrogen-bond donors (Lipinski definition) is 3. The standard InChI is InChI=1S/C7H15N5/c1-6(4-8)9-3-2-7-10-5-11-12-7/h5-6,9H,2-4,8H2,1H3,(H,10,11,12). The van der Waals surface area contributed by atoms with Crippen LogP contribution in [-0.2, 0) is 6.42 Å². The van der Waals surface area contributed by atoms with Crippen molar-refractivity contribution >= 4 is 0 Å². The smallest absolute Gasteiger partial charge is 0.137 e. The van der Waals surface area contributed by atoms with Gasteiger partial charge in [0.1, 0.15) is 12.2 Å². The number of hydrogen-bond acceptors (Lipinski definition) is 4. The number of aromatic amines is 1. The number of nitrogens with two attached hydrogens (primary N) is 1. The van der Waals surface area contributed by atoms with E-state index in [1.165, 1.54) is 6.33 Å². The van der Waals surface area contributed by atoms with Gasteiger partial charge in [0.25, 0.3) is 0 Å². The molecule has 1 atom stereocenters. The molecular formula is C7H15N5. The van der Waals surface area contributed by atoms with Crippen LogP contribution in [0.2, 0.25) is 0 Å². The molecule has 0 spiro atoms. The third-order valence-corrected chi connectivity index (χ3v) is 1.67. The fourth-order valence-corrected chi connectivity index (χ4v) is 0.872. The lowest BCUT2D eigenvalue weighted by Crippen LogP contribution is -2.34. The average molecular weight is 169 g/mol. The molecule has 1 aromatic rings. The van der Waals surface area contributed by atoms with Gasteiger partial charge in [-0.2, -0.15) is 5.10 Å². The zero-order valence-corrected chi connectivity index (χ0v) is 7.25. The van der Waals surface area contributed by atoms with Crippen molar-refractivity contribution in [1.82, 2.24) is 20.5 Å². The summed E-state index contributed by atoms with van der Waals surface area (Å²) in [5.74, 6) is 0.909. The molecule has 0 fully saturated rings. The first kappa shape index (κ1) is 9.15. The van der Waals surface area contributed by atoms with Crippen LogP contribution in [-0.4, -0.2) is 34.3 Å². The molecule has 0 radical (unpaired) electrons. The summed E-state index contributed by atoms with van der Waals surface area (Å²) in [5, 5.41) is 9.81. The van der Waals surface area contributed by atoms with Crippen molar-refractivity contribution in [2.45, 2.75) is 19.4 Å². The first-order chi connectivity index (χ1) is 5.83. The molecule has 1 heterocycles. The third-order valence-electron chi connectivity index (χ3n) is 1.67. The van der Waals surface area contributed by atoms with Crippen LogP contribution in [0.25, 0.3) is 0 Å². The summed E-state index contributed by atoms with van der Waals surface area (Å²) >= 11 is 0. The fourth-order valence-electron chi connectivity index (χ4n) is 0.872. The van der Waals surface area contributed by atoms with Crippen molar-refractivity contribution in [1.29, 1.82) is 0 Å². The molecule has 0 amide bonds. The minimum absolute atomic E-state index is 0.368. The lowest BCUT2D eigenvalue weighted by atomic mass is 10.3. The summed E-state index contributed by atoms with van der Waals surface area (Å²) in [5.41, 5.74) is 5.43. The lowest BCUT2D eigenvalue weighted by Gasteiger charge is -2.09. The van der Waals surface area contributed by atoms with Crippen LogP contribution in [0.4, 0.5) is 0 Å². The van der Waals surface area contributed by atoms with Crippen LogP contribution in [0.15, 0.2) is 6.33 Å². The Morgan fingerprint density at radius 1 is 1.75 bits per heavy atom. The first-order valence-electron chi connectivity index (χ1n) is 4.10. The second-order valence-corrected chi connectivity index (χ2v) is 2.77. The summed E-state index contributed by atoms with van der Waals surface area (Å²) in [4.78, 5) is 4.00. The zero-order valence-electron chi connectivity index (χ0n) is 7.25. The van der Waals surface area contributed by atoms with Crippen molar-refractivity contribution in [3.05, 3.63) is 12.2 Å². The predicted molar refractivity (Wildman–Crippen MR) is 46.6 cm³/mol. The quantitative estimate of drug-likeness (QED) is 0.543. The molecule has 5 heteroatoms. The van der Waals surface area contributed by atoms with Gasteiger partial charge in [-0.1, -0.05) is 0 Å². The van der Waals surface area contributed by atoms with Gasteiger partial charge in [-0.3, -0.25) is 5.10 Å². The highest BCUT2D eigenvalue weighted by molar-refractivity contribution is 4.81. The van der Waals surface area contributed by atoms with Crippen LogP contribution in [0.1, 0.15) is 12.7 Å². The normalized spacial score (nSPS) is 13.2. The van der Waals surface area contributed by atoms with E-state index in [1.54, 1.807) is 0 Å². The van der Waals surface area contributed by atoms with E-state index in [9.17, 15) is 0 Å². The highest BCUT2D eigenvalue weighted by atomic mass is 15.2. The molecule has 1 unspecified atom stereocenters. The molecule has 68 valence electrons. The van der Waals surface area contributed by atoms with Crippen LogP contribution in [0.3, 0.4) is 0 Å². The van der Waals surface area contributed by atoms with E-state index in [0.717, 1.165) is 18.8 Å². The van der Waals surface area contributed by atoms with E-state index in [1.807, 2.05) is 0 Å². The summed E-state index contributed by atoms with van der Waals surface area (Å²) in [6.45, 7) is 3.60. The van der Waals surface area contributed by atoms with Crippen LogP contribution in [0, 0.1) is 0 Å². The molecule has 5 nitrogen and oxygen atoms in total. The second-order valence-electron chi connectivity index (χ2n) is 2.77. The lowest BCUT2D eigenvalue weighted by molar-refractivity contribution is 0.554. The van der Waals surface area contributed by atoms with Gasteiger partial charge in [-0.25, -0.2) is 4.98 Å². The number of H-pyrrole nitrogens is 1. The minimum atomic E-state index is 0.368. The molecule has 4 N–H and O–H groups in total. The molecule has 0 aliphatic rings. The van der Waals surface area contributed by atoms with Crippen LogP contribution < -0.4 is 11.1 Å². The van der Waals surface area contributed by atoms with Crippen LogP contribution in [0.5, 0.6) is 0 Å². The molecule has 0 saturated carbocycles. The Kier molecular flexibility index (Phi) is 3.69. The van der Waals surface area contributed by atoms with E-state index >= 15 is 0 Å².